The van der Waals surface area contributed by atoms with Gasteiger partial charge < -0.3 is 14.2 Å². The van der Waals surface area contributed by atoms with Crippen molar-refractivity contribution in [3.63, 3.8) is 0 Å². The molecule has 4 aliphatic carbocycles. The highest BCUT2D eigenvalue weighted by molar-refractivity contribution is 5.93. The van der Waals surface area contributed by atoms with Gasteiger partial charge in [-0.15, -0.1) is 0 Å². The van der Waals surface area contributed by atoms with Crippen molar-refractivity contribution >= 4 is 29.5 Å². The molecule has 0 aromatic heterocycles. The second kappa shape index (κ2) is 10.3. The maximum Gasteiger partial charge on any atom is 0.490 e. The number of carbonyl (C=O) groups is 5. The van der Waals surface area contributed by atoms with Crippen LogP contribution in [-0.4, -0.2) is 54.0 Å². The Morgan fingerprint density at radius 2 is 1.80 bits per heavy atom. The first-order valence-corrected chi connectivity index (χ1v) is 13.9. The van der Waals surface area contributed by atoms with Crippen LogP contribution >= 0.6 is 0 Å². The van der Waals surface area contributed by atoms with E-state index in [0.29, 0.717) is 19.3 Å². The Morgan fingerprint density at radius 3 is 2.40 bits per heavy atom. The molecule has 8 nitrogen and oxygen atoms in total. The minimum atomic E-state index is -5.23. The normalized spacial score (nSPS) is 38.8. The molecular weight excluding hydrogens is 533 g/mol. The van der Waals surface area contributed by atoms with Gasteiger partial charge in [0.25, 0.3) is 0 Å². The van der Waals surface area contributed by atoms with E-state index >= 15 is 0 Å². The molecule has 3 saturated carbocycles. The molecule has 0 bridgehead atoms. The van der Waals surface area contributed by atoms with Gasteiger partial charge in [0.1, 0.15) is 6.10 Å². The number of rotatable bonds is 6. The Morgan fingerprint density at radius 1 is 1.12 bits per heavy atom. The molecule has 11 heteroatoms. The number of ether oxygens (including phenoxy) is 3. The number of alkyl halides is 3. The molecular formula is C29H37F3O8. The third-order valence-electron chi connectivity index (χ3n) is 10.2. The summed E-state index contributed by atoms with van der Waals surface area (Å²) in [7, 11) is 0. The summed E-state index contributed by atoms with van der Waals surface area (Å²) in [5.74, 6) is -5.51. The van der Waals surface area contributed by atoms with Crippen LogP contribution in [-0.2, 0) is 38.2 Å². The van der Waals surface area contributed by atoms with Gasteiger partial charge in [0, 0.05) is 31.1 Å². The number of esters is 3. The van der Waals surface area contributed by atoms with Crippen molar-refractivity contribution in [1.29, 1.82) is 0 Å². The number of fused-ring (bicyclic) bond motifs is 5. The summed E-state index contributed by atoms with van der Waals surface area (Å²) in [6, 6.07) is 0. The highest BCUT2D eigenvalue weighted by Gasteiger charge is 2.72. The molecule has 0 radical (unpaired) electrons. The molecule has 0 unspecified atom stereocenters. The summed E-state index contributed by atoms with van der Waals surface area (Å²) < 4.78 is 56.7. The van der Waals surface area contributed by atoms with E-state index in [0.717, 1.165) is 12.5 Å². The van der Waals surface area contributed by atoms with Crippen molar-refractivity contribution in [1.82, 2.24) is 0 Å². The lowest BCUT2D eigenvalue weighted by Crippen LogP contribution is -2.64. The summed E-state index contributed by atoms with van der Waals surface area (Å²) in [6.45, 7) is 7.67. The average molecular weight is 571 g/mol. The van der Waals surface area contributed by atoms with Crippen LogP contribution in [0.4, 0.5) is 13.2 Å². The molecule has 0 N–H and O–H groups in total. The Balaban J connectivity index is 1.85. The number of hydrogen-bond donors (Lipinski definition) is 0. The highest BCUT2D eigenvalue weighted by Crippen LogP contribution is 2.69. The summed E-state index contributed by atoms with van der Waals surface area (Å²) >= 11 is 0. The fraction of sp³-hybridized carbons (Fsp3) is 0.759. The molecule has 4 rings (SSSR count). The second-order valence-corrected chi connectivity index (χ2v) is 12.4. The zero-order valence-corrected chi connectivity index (χ0v) is 23.5. The molecule has 0 aliphatic heterocycles. The maximum absolute atomic E-state index is 13.7. The van der Waals surface area contributed by atoms with Crippen molar-refractivity contribution in [2.45, 2.75) is 97.4 Å². The lowest BCUT2D eigenvalue weighted by atomic mass is 9.44. The SMILES string of the molecule is CCC(=O)O[C@]1(C(=O)COC(C)=O)CC[C@H]2[C@@H]3C[C@H](C)C4=CC(=O)CC[C@]4(C)[C@H]3[C@@H](OC(=O)C(F)(F)F)C[C@@]21C. The Labute approximate surface area is 231 Å². The van der Waals surface area contributed by atoms with E-state index in [4.69, 9.17) is 14.2 Å². The van der Waals surface area contributed by atoms with Gasteiger partial charge in [-0.2, -0.15) is 13.2 Å². The van der Waals surface area contributed by atoms with Crippen LogP contribution < -0.4 is 0 Å². The van der Waals surface area contributed by atoms with Crippen molar-refractivity contribution in [2.75, 3.05) is 6.61 Å². The quantitative estimate of drug-likeness (QED) is 0.335. The van der Waals surface area contributed by atoms with E-state index in [2.05, 4.69) is 0 Å². The van der Waals surface area contributed by atoms with E-state index in [9.17, 15) is 37.1 Å². The average Bonchev–Trinajstić information content (AvgIpc) is 3.15. The predicted molar refractivity (Wildman–Crippen MR) is 133 cm³/mol. The number of Topliss-reactive ketones (excluding diaryl/α,β-unsaturated/α-hetero) is 1. The molecule has 0 amide bonds. The molecule has 40 heavy (non-hydrogen) atoms. The minimum absolute atomic E-state index is 0.0373. The smallest absolute Gasteiger partial charge is 0.458 e. The van der Waals surface area contributed by atoms with Gasteiger partial charge in [0.2, 0.25) is 5.78 Å². The lowest BCUT2D eigenvalue weighted by molar-refractivity contribution is -0.231. The third kappa shape index (κ3) is 4.76. The number of carbonyl (C=O) groups excluding carboxylic acids is 5. The Bertz CT molecular complexity index is 1140. The van der Waals surface area contributed by atoms with E-state index in [1.807, 2.05) is 13.8 Å². The maximum atomic E-state index is 13.7. The standard InChI is InChI=1S/C29H37F3O8/c1-6-23(36)40-28(22(35)14-38-16(3)33)10-8-19-18-11-15(2)20-12-17(34)7-9-26(20,4)24(18)21(13-27(19,28)5)39-25(37)29(30,31)32/h12,15,18-19,21,24H,6-11,13-14H2,1-5H3/t15-,18-,19-,21-,24+,26-,27-,28-/m0/s1. The first-order valence-electron chi connectivity index (χ1n) is 13.9. The van der Waals surface area contributed by atoms with E-state index in [1.54, 1.807) is 19.9 Å². The Kier molecular flexibility index (Phi) is 7.77. The van der Waals surface area contributed by atoms with Crippen LogP contribution in [0, 0.1) is 34.5 Å². The predicted octanol–water partition coefficient (Wildman–Crippen LogP) is 4.67. The van der Waals surface area contributed by atoms with Crippen molar-refractivity contribution in [2.24, 2.45) is 34.5 Å². The first kappa shape index (κ1) is 30.2. The van der Waals surface area contributed by atoms with Crippen molar-refractivity contribution < 1.29 is 51.4 Å². The van der Waals surface area contributed by atoms with Gasteiger partial charge in [-0.3, -0.25) is 19.2 Å². The zero-order valence-electron chi connectivity index (χ0n) is 23.5. The summed E-state index contributed by atoms with van der Waals surface area (Å²) in [5.41, 5.74) is -2.80. The van der Waals surface area contributed by atoms with Gasteiger partial charge in [-0.1, -0.05) is 33.3 Å². The van der Waals surface area contributed by atoms with E-state index in [1.165, 1.54) is 0 Å². The molecule has 0 heterocycles. The zero-order chi connectivity index (χ0) is 29.8. The molecule has 0 saturated heterocycles. The van der Waals surface area contributed by atoms with Crippen molar-refractivity contribution in [3.05, 3.63) is 11.6 Å². The summed E-state index contributed by atoms with van der Waals surface area (Å²) in [5, 5.41) is 0. The minimum Gasteiger partial charge on any atom is -0.458 e. The number of hydrogen-bond acceptors (Lipinski definition) is 8. The monoisotopic (exact) mass is 570 g/mol. The summed E-state index contributed by atoms with van der Waals surface area (Å²) in [6.07, 6.45) is -3.38. The van der Waals surface area contributed by atoms with Gasteiger partial charge in [-0.25, -0.2) is 4.79 Å². The topological polar surface area (TPSA) is 113 Å². The number of ketones is 2. The molecule has 222 valence electrons. The molecule has 0 spiro atoms. The fourth-order valence-electron chi connectivity index (χ4n) is 8.62. The molecule has 3 fully saturated rings. The van der Waals surface area contributed by atoms with Crippen LogP contribution in [0.25, 0.3) is 0 Å². The van der Waals surface area contributed by atoms with Crippen LogP contribution in [0.5, 0.6) is 0 Å². The van der Waals surface area contributed by atoms with Gasteiger partial charge in [0.15, 0.2) is 18.0 Å². The molecule has 8 atom stereocenters. The Hall–Kier alpha value is -2.72. The summed E-state index contributed by atoms with van der Waals surface area (Å²) in [4.78, 5) is 62.5. The second-order valence-electron chi connectivity index (χ2n) is 12.4. The van der Waals surface area contributed by atoms with Crippen LogP contribution in [0.2, 0.25) is 0 Å². The lowest BCUT2D eigenvalue weighted by Gasteiger charge is -2.62. The van der Waals surface area contributed by atoms with Crippen LogP contribution in [0.1, 0.15) is 79.6 Å². The third-order valence-corrected chi connectivity index (χ3v) is 10.2. The van der Waals surface area contributed by atoms with E-state index in [-0.39, 0.29) is 49.2 Å². The van der Waals surface area contributed by atoms with E-state index < -0.39 is 64.9 Å². The molecule has 4 aliphatic rings. The van der Waals surface area contributed by atoms with Gasteiger partial charge in [0.05, 0.1) is 0 Å². The first-order chi connectivity index (χ1) is 18.5. The number of halogens is 3. The van der Waals surface area contributed by atoms with Crippen LogP contribution in [0.3, 0.4) is 0 Å². The van der Waals surface area contributed by atoms with Crippen molar-refractivity contribution in [3.8, 4) is 0 Å². The number of allylic oxidation sites excluding steroid dienone is 1. The molecule has 0 aromatic carbocycles. The van der Waals surface area contributed by atoms with Gasteiger partial charge >= 0.3 is 24.1 Å². The van der Waals surface area contributed by atoms with Crippen LogP contribution in [0.15, 0.2) is 11.6 Å². The highest BCUT2D eigenvalue weighted by atomic mass is 19.4. The van der Waals surface area contributed by atoms with Gasteiger partial charge in [-0.05, 0) is 61.3 Å². The molecule has 0 aromatic rings. The fourth-order valence-corrected chi connectivity index (χ4v) is 8.62. The largest absolute Gasteiger partial charge is 0.490 e.